The molecule has 1 aliphatic heterocycles. The first-order valence-corrected chi connectivity index (χ1v) is 9.33. The first-order valence-electron chi connectivity index (χ1n) is 8.45. The van der Waals surface area contributed by atoms with Gasteiger partial charge in [0.1, 0.15) is 0 Å². The second kappa shape index (κ2) is 8.22. The predicted octanol–water partition coefficient (Wildman–Crippen LogP) is 2.18. The van der Waals surface area contributed by atoms with Crippen molar-refractivity contribution in [2.45, 2.75) is 32.2 Å². The fourth-order valence-electron chi connectivity index (χ4n) is 2.79. The van der Waals surface area contributed by atoms with E-state index in [-0.39, 0.29) is 17.9 Å². The number of carbonyl (C=O) groups is 2. The van der Waals surface area contributed by atoms with Gasteiger partial charge in [0.05, 0.1) is 11.7 Å². The van der Waals surface area contributed by atoms with Crippen LogP contribution in [0.3, 0.4) is 0 Å². The molecule has 2 aromatic rings. The van der Waals surface area contributed by atoms with Crippen LogP contribution >= 0.6 is 11.3 Å². The highest BCUT2D eigenvalue weighted by atomic mass is 32.1. The predicted molar refractivity (Wildman–Crippen MR) is 99.6 cm³/mol. The molecule has 1 fully saturated rings. The molecule has 2 heterocycles. The van der Waals surface area contributed by atoms with Gasteiger partial charge < -0.3 is 16.0 Å². The lowest BCUT2D eigenvalue weighted by Gasteiger charge is -2.08. The van der Waals surface area contributed by atoms with Crippen LogP contribution in [0.25, 0.3) is 11.3 Å². The van der Waals surface area contributed by atoms with Crippen LogP contribution in [0.4, 0.5) is 5.13 Å². The molecule has 0 bridgehead atoms. The van der Waals surface area contributed by atoms with Crippen LogP contribution in [-0.2, 0) is 16.0 Å². The van der Waals surface area contributed by atoms with Gasteiger partial charge in [-0.2, -0.15) is 0 Å². The SMILES string of the molecule is CC(=O)NCCc1ccc(-c2csc(NC(=O)C3CCCN3)n2)cc1. The molecule has 25 heavy (non-hydrogen) atoms. The van der Waals surface area contributed by atoms with Gasteiger partial charge >= 0.3 is 0 Å². The lowest BCUT2D eigenvalue weighted by molar-refractivity contribution is -0.119. The molecule has 132 valence electrons. The topological polar surface area (TPSA) is 83.1 Å². The summed E-state index contributed by atoms with van der Waals surface area (Å²) in [7, 11) is 0. The van der Waals surface area contributed by atoms with Crippen LogP contribution in [0.15, 0.2) is 29.6 Å². The third kappa shape index (κ3) is 4.87. The normalized spacial score (nSPS) is 16.6. The lowest BCUT2D eigenvalue weighted by Crippen LogP contribution is -2.35. The second-order valence-corrected chi connectivity index (χ2v) is 6.96. The van der Waals surface area contributed by atoms with E-state index in [1.807, 2.05) is 29.6 Å². The minimum absolute atomic E-state index is 0.00767. The molecule has 0 saturated carbocycles. The van der Waals surface area contributed by atoms with Gasteiger partial charge in [-0.25, -0.2) is 4.98 Å². The lowest BCUT2D eigenvalue weighted by atomic mass is 10.1. The van der Waals surface area contributed by atoms with Gasteiger partial charge in [0.25, 0.3) is 0 Å². The van der Waals surface area contributed by atoms with Crippen molar-refractivity contribution in [3.8, 4) is 11.3 Å². The number of benzene rings is 1. The molecule has 2 amide bonds. The quantitative estimate of drug-likeness (QED) is 0.739. The Morgan fingerprint density at radius 2 is 2.12 bits per heavy atom. The van der Waals surface area contributed by atoms with Crippen LogP contribution in [0.5, 0.6) is 0 Å². The number of aromatic nitrogens is 1. The summed E-state index contributed by atoms with van der Waals surface area (Å²) in [6, 6.07) is 8.01. The molecular weight excluding hydrogens is 336 g/mol. The monoisotopic (exact) mass is 358 g/mol. The van der Waals surface area contributed by atoms with E-state index in [0.717, 1.165) is 42.6 Å². The Kier molecular flexibility index (Phi) is 5.78. The third-order valence-corrected chi connectivity index (χ3v) is 4.91. The number of rotatable bonds is 6. The van der Waals surface area contributed by atoms with E-state index in [0.29, 0.717) is 11.7 Å². The zero-order valence-electron chi connectivity index (χ0n) is 14.2. The van der Waals surface area contributed by atoms with Crippen molar-refractivity contribution >= 4 is 28.3 Å². The van der Waals surface area contributed by atoms with Crippen molar-refractivity contribution in [1.29, 1.82) is 0 Å². The highest BCUT2D eigenvalue weighted by molar-refractivity contribution is 7.14. The minimum Gasteiger partial charge on any atom is -0.356 e. The first kappa shape index (κ1) is 17.6. The Hall–Kier alpha value is -2.25. The second-order valence-electron chi connectivity index (χ2n) is 6.11. The molecule has 0 aliphatic carbocycles. The van der Waals surface area contributed by atoms with Gasteiger partial charge in [0.15, 0.2) is 5.13 Å². The Morgan fingerprint density at radius 1 is 1.32 bits per heavy atom. The number of anilines is 1. The average Bonchev–Trinajstić information content (AvgIpc) is 3.27. The number of nitrogens with one attached hydrogen (secondary N) is 3. The van der Waals surface area contributed by atoms with E-state index in [9.17, 15) is 9.59 Å². The summed E-state index contributed by atoms with van der Waals surface area (Å²) in [6.07, 6.45) is 2.71. The minimum atomic E-state index is -0.102. The molecule has 6 nitrogen and oxygen atoms in total. The molecule has 1 saturated heterocycles. The van der Waals surface area contributed by atoms with Crippen LogP contribution in [-0.4, -0.2) is 35.9 Å². The van der Waals surface area contributed by atoms with Gasteiger partial charge in [-0.3, -0.25) is 9.59 Å². The van der Waals surface area contributed by atoms with Crippen LogP contribution in [0.2, 0.25) is 0 Å². The Balaban J connectivity index is 1.57. The molecule has 1 aliphatic rings. The summed E-state index contributed by atoms with van der Waals surface area (Å²) in [4.78, 5) is 27.5. The van der Waals surface area contributed by atoms with Crippen molar-refractivity contribution in [3.63, 3.8) is 0 Å². The molecule has 0 radical (unpaired) electrons. The van der Waals surface area contributed by atoms with Gasteiger partial charge in [-0.15, -0.1) is 11.3 Å². The molecule has 1 aromatic heterocycles. The van der Waals surface area contributed by atoms with Crippen LogP contribution in [0.1, 0.15) is 25.3 Å². The van der Waals surface area contributed by atoms with Gasteiger partial charge in [-0.1, -0.05) is 24.3 Å². The smallest absolute Gasteiger partial charge is 0.243 e. The maximum absolute atomic E-state index is 12.1. The summed E-state index contributed by atoms with van der Waals surface area (Å²) in [5.41, 5.74) is 3.03. The van der Waals surface area contributed by atoms with E-state index >= 15 is 0 Å². The highest BCUT2D eigenvalue weighted by Gasteiger charge is 2.22. The highest BCUT2D eigenvalue weighted by Crippen LogP contribution is 2.25. The maximum Gasteiger partial charge on any atom is 0.243 e. The van der Waals surface area contributed by atoms with Gasteiger partial charge in [0.2, 0.25) is 11.8 Å². The molecule has 0 spiro atoms. The zero-order valence-corrected chi connectivity index (χ0v) is 15.0. The number of nitrogens with zero attached hydrogens (tertiary/aromatic N) is 1. The fraction of sp³-hybridized carbons (Fsp3) is 0.389. The summed E-state index contributed by atoms with van der Waals surface area (Å²) < 4.78 is 0. The number of hydrogen-bond donors (Lipinski definition) is 3. The number of hydrogen-bond acceptors (Lipinski definition) is 5. The van der Waals surface area contributed by atoms with Gasteiger partial charge in [0, 0.05) is 24.4 Å². The van der Waals surface area contributed by atoms with Gasteiger partial charge in [-0.05, 0) is 31.4 Å². The largest absolute Gasteiger partial charge is 0.356 e. The number of thiazole rings is 1. The van der Waals surface area contributed by atoms with E-state index < -0.39 is 0 Å². The summed E-state index contributed by atoms with van der Waals surface area (Å²) >= 11 is 1.43. The Labute approximate surface area is 151 Å². The molecular formula is C18H22N4O2S. The van der Waals surface area contributed by atoms with Crippen molar-refractivity contribution in [3.05, 3.63) is 35.2 Å². The molecule has 1 unspecified atom stereocenters. The third-order valence-electron chi connectivity index (χ3n) is 4.15. The maximum atomic E-state index is 12.1. The molecule has 7 heteroatoms. The average molecular weight is 358 g/mol. The summed E-state index contributed by atoms with van der Waals surface area (Å²) in [5, 5.41) is 11.4. The van der Waals surface area contributed by atoms with E-state index in [1.54, 1.807) is 0 Å². The Morgan fingerprint density at radius 3 is 2.80 bits per heavy atom. The van der Waals surface area contributed by atoms with Crippen molar-refractivity contribution in [2.75, 3.05) is 18.4 Å². The Bertz CT molecular complexity index is 736. The van der Waals surface area contributed by atoms with Crippen LogP contribution in [0, 0.1) is 0 Å². The molecule has 3 N–H and O–H groups in total. The molecule has 1 atom stereocenters. The van der Waals surface area contributed by atoms with Crippen molar-refractivity contribution < 1.29 is 9.59 Å². The van der Waals surface area contributed by atoms with E-state index in [2.05, 4.69) is 20.9 Å². The summed E-state index contributed by atoms with van der Waals surface area (Å²) in [6.45, 7) is 3.05. The van der Waals surface area contributed by atoms with E-state index in [1.165, 1.54) is 18.3 Å². The fourth-order valence-corrected chi connectivity index (χ4v) is 3.51. The van der Waals surface area contributed by atoms with E-state index in [4.69, 9.17) is 0 Å². The standard InChI is InChI=1S/C18H22N4O2S/c1-12(23)19-10-8-13-4-6-14(7-5-13)16-11-25-18(21-16)22-17(24)15-3-2-9-20-15/h4-7,11,15,20H,2-3,8-10H2,1H3,(H,19,23)(H,21,22,24). The van der Waals surface area contributed by atoms with Crippen molar-refractivity contribution in [2.24, 2.45) is 0 Å². The van der Waals surface area contributed by atoms with Crippen LogP contribution < -0.4 is 16.0 Å². The number of carbonyl (C=O) groups excluding carboxylic acids is 2. The molecule has 3 rings (SSSR count). The van der Waals surface area contributed by atoms with Crippen molar-refractivity contribution in [1.82, 2.24) is 15.6 Å². The first-order chi connectivity index (χ1) is 12.1. The zero-order chi connectivity index (χ0) is 17.6. The number of amides is 2. The summed E-state index contributed by atoms with van der Waals surface area (Å²) in [5.74, 6) is -0.0202. The molecule has 1 aromatic carbocycles.